The van der Waals surface area contributed by atoms with E-state index < -0.39 is 0 Å². The molecule has 0 radical (unpaired) electrons. The van der Waals surface area contributed by atoms with Gasteiger partial charge in [0.1, 0.15) is 0 Å². The normalized spacial score (nSPS) is 29.3. The van der Waals surface area contributed by atoms with Crippen molar-refractivity contribution in [2.75, 3.05) is 6.61 Å². The number of hydrogen-bond acceptors (Lipinski definition) is 2. The van der Waals surface area contributed by atoms with Crippen LogP contribution in [0.4, 0.5) is 0 Å². The fourth-order valence-corrected chi connectivity index (χ4v) is 5.16. The third kappa shape index (κ3) is 4.90. The summed E-state index contributed by atoms with van der Waals surface area (Å²) < 4.78 is 5.22. The maximum absolute atomic E-state index is 11.9. The molecule has 2 aliphatic carbocycles. The Kier molecular flexibility index (Phi) is 7.16. The van der Waals surface area contributed by atoms with Gasteiger partial charge in [-0.15, -0.1) is 0 Å². The molecule has 3 rings (SSSR count). The van der Waals surface area contributed by atoms with Crippen LogP contribution in [0.2, 0.25) is 0 Å². The van der Waals surface area contributed by atoms with Gasteiger partial charge in [-0.2, -0.15) is 0 Å². The first kappa shape index (κ1) is 19.5. The Morgan fingerprint density at radius 2 is 1.46 bits per heavy atom. The first-order chi connectivity index (χ1) is 12.7. The molecule has 0 atom stereocenters. The van der Waals surface area contributed by atoms with Crippen LogP contribution < -0.4 is 0 Å². The second-order valence-electron chi connectivity index (χ2n) is 8.56. The number of esters is 1. The molecule has 0 unspecified atom stereocenters. The van der Waals surface area contributed by atoms with E-state index in [-0.39, 0.29) is 5.97 Å². The van der Waals surface area contributed by atoms with Crippen LogP contribution in [-0.4, -0.2) is 12.6 Å². The molecule has 0 N–H and O–H groups in total. The summed E-state index contributed by atoms with van der Waals surface area (Å²) in [6.07, 6.45) is 13.6. The van der Waals surface area contributed by atoms with Gasteiger partial charge in [-0.25, -0.2) is 4.79 Å². The molecular weight excluding hydrogens is 320 g/mol. The quantitative estimate of drug-likeness (QED) is 0.527. The first-order valence-corrected chi connectivity index (χ1v) is 11.0. The van der Waals surface area contributed by atoms with Gasteiger partial charge in [-0.1, -0.05) is 45.2 Å². The number of benzene rings is 1. The Morgan fingerprint density at radius 3 is 2.00 bits per heavy atom. The van der Waals surface area contributed by atoms with Gasteiger partial charge in [0.15, 0.2) is 0 Å². The molecule has 0 heterocycles. The van der Waals surface area contributed by atoms with Gasteiger partial charge in [-0.05, 0) is 86.3 Å². The van der Waals surface area contributed by atoms with Crippen molar-refractivity contribution in [3.63, 3.8) is 0 Å². The van der Waals surface area contributed by atoms with Crippen molar-refractivity contribution >= 4 is 5.97 Å². The second kappa shape index (κ2) is 9.58. The minimum atomic E-state index is -0.190. The molecule has 2 aliphatic rings. The zero-order chi connectivity index (χ0) is 18.4. The second-order valence-corrected chi connectivity index (χ2v) is 8.56. The number of ether oxygens (including phenoxy) is 1. The van der Waals surface area contributed by atoms with Gasteiger partial charge < -0.3 is 4.74 Å². The smallest absolute Gasteiger partial charge is 0.338 e. The zero-order valence-electron chi connectivity index (χ0n) is 16.7. The number of carbonyl (C=O) groups excluding carboxylic acids is 1. The molecule has 0 saturated heterocycles. The average molecular weight is 357 g/mol. The molecule has 2 nitrogen and oxygen atoms in total. The lowest BCUT2D eigenvalue weighted by Crippen LogP contribution is -2.25. The molecule has 2 saturated carbocycles. The van der Waals surface area contributed by atoms with Gasteiger partial charge in [0, 0.05) is 0 Å². The molecule has 0 aromatic heterocycles. The summed E-state index contributed by atoms with van der Waals surface area (Å²) >= 11 is 0. The van der Waals surface area contributed by atoms with Crippen LogP contribution in [0.25, 0.3) is 0 Å². The molecule has 1 aromatic rings. The van der Waals surface area contributed by atoms with E-state index in [4.69, 9.17) is 4.74 Å². The average Bonchev–Trinajstić information content (AvgIpc) is 2.72. The van der Waals surface area contributed by atoms with Crippen molar-refractivity contribution < 1.29 is 9.53 Å². The summed E-state index contributed by atoms with van der Waals surface area (Å²) in [6, 6.07) is 8.21. The van der Waals surface area contributed by atoms with Crippen molar-refractivity contribution in [2.24, 2.45) is 17.8 Å². The monoisotopic (exact) mass is 356 g/mol. The highest BCUT2D eigenvalue weighted by Gasteiger charge is 2.30. The number of hydrogen-bond donors (Lipinski definition) is 0. The van der Waals surface area contributed by atoms with Crippen molar-refractivity contribution in [3.05, 3.63) is 35.4 Å². The molecule has 2 heteroatoms. The topological polar surface area (TPSA) is 26.3 Å². The molecule has 0 spiro atoms. The minimum absolute atomic E-state index is 0.190. The largest absolute Gasteiger partial charge is 0.462 e. The molecule has 144 valence electrons. The summed E-state index contributed by atoms with van der Waals surface area (Å²) in [5, 5.41) is 0. The van der Waals surface area contributed by atoms with Crippen molar-refractivity contribution in [1.29, 1.82) is 0 Å². The van der Waals surface area contributed by atoms with E-state index in [1.54, 1.807) is 0 Å². The van der Waals surface area contributed by atoms with E-state index in [0.717, 1.165) is 24.2 Å². The molecule has 1 aromatic carbocycles. The van der Waals surface area contributed by atoms with Crippen LogP contribution >= 0.6 is 0 Å². The maximum atomic E-state index is 11.9. The Labute approximate surface area is 159 Å². The van der Waals surface area contributed by atoms with Crippen LogP contribution in [0.15, 0.2) is 24.3 Å². The SMILES string of the molecule is CCCOC(=O)c1ccc(C2CCC(C3CCC(CC)CC3)CC2)cc1. The van der Waals surface area contributed by atoms with Crippen molar-refractivity contribution in [2.45, 2.75) is 84.0 Å². The minimum Gasteiger partial charge on any atom is -0.462 e. The van der Waals surface area contributed by atoms with Crippen LogP contribution in [-0.2, 0) is 4.74 Å². The predicted molar refractivity (Wildman–Crippen MR) is 107 cm³/mol. The maximum Gasteiger partial charge on any atom is 0.338 e. The lowest BCUT2D eigenvalue weighted by atomic mass is 9.68. The molecule has 0 aliphatic heterocycles. The predicted octanol–water partition coefficient (Wildman–Crippen LogP) is 6.74. The first-order valence-electron chi connectivity index (χ1n) is 11.0. The van der Waals surface area contributed by atoms with Crippen molar-refractivity contribution in [1.82, 2.24) is 0 Å². The van der Waals surface area contributed by atoms with E-state index in [1.807, 2.05) is 19.1 Å². The van der Waals surface area contributed by atoms with Crippen LogP contribution in [0, 0.1) is 17.8 Å². The highest BCUT2D eigenvalue weighted by atomic mass is 16.5. The fraction of sp³-hybridized carbons (Fsp3) is 0.708. The van der Waals surface area contributed by atoms with Crippen LogP contribution in [0.3, 0.4) is 0 Å². The Morgan fingerprint density at radius 1 is 0.885 bits per heavy atom. The molecular formula is C24H36O2. The highest BCUT2D eigenvalue weighted by Crippen LogP contribution is 2.44. The van der Waals surface area contributed by atoms with Crippen LogP contribution in [0.5, 0.6) is 0 Å². The Balaban J connectivity index is 1.48. The fourth-order valence-electron chi connectivity index (χ4n) is 5.16. The van der Waals surface area contributed by atoms with Gasteiger partial charge in [-0.3, -0.25) is 0 Å². The van der Waals surface area contributed by atoms with E-state index >= 15 is 0 Å². The molecule has 2 fully saturated rings. The third-order valence-corrected chi connectivity index (χ3v) is 6.96. The third-order valence-electron chi connectivity index (χ3n) is 6.96. The molecule has 0 bridgehead atoms. The highest BCUT2D eigenvalue weighted by molar-refractivity contribution is 5.89. The lowest BCUT2D eigenvalue weighted by Gasteiger charge is -2.38. The van der Waals surface area contributed by atoms with Gasteiger partial charge in [0.2, 0.25) is 0 Å². The molecule has 0 amide bonds. The summed E-state index contributed by atoms with van der Waals surface area (Å²) in [5.41, 5.74) is 2.09. The van der Waals surface area contributed by atoms with E-state index in [2.05, 4.69) is 19.1 Å². The summed E-state index contributed by atoms with van der Waals surface area (Å²) in [5.74, 6) is 3.45. The number of rotatable bonds is 6. The van der Waals surface area contributed by atoms with E-state index in [0.29, 0.717) is 18.1 Å². The van der Waals surface area contributed by atoms with Crippen LogP contribution in [0.1, 0.15) is 99.9 Å². The summed E-state index contributed by atoms with van der Waals surface area (Å²) in [4.78, 5) is 11.9. The zero-order valence-corrected chi connectivity index (χ0v) is 16.7. The van der Waals surface area contributed by atoms with Gasteiger partial charge in [0.25, 0.3) is 0 Å². The summed E-state index contributed by atoms with van der Waals surface area (Å²) in [6.45, 7) is 4.87. The number of carbonyl (C=O) groups is 1. The Hall–Kier alpha value is -1.31. The van der Waals surface area contributed by atoms with Gasteiger partial charge >= 0.3 is 5.97 Å². The van der Waals surface area contributed by atoms with E-state index in [9.17, 15) is 4.79 Å². The van der Waals surface area contributed by atoms with Crippen molar-refractivity contribution in [3.8, 4) is 0 Å². The standard InChI is InChI=1S/C24H36O2/c1-3-17-26-24(25)23-15-13-22(14-16-23)21-11-9-20(10-12-21)19-7-5-18(4-2)6-8-19/h13-16,18-21H,3-12,17H2,1-2H3. The molecule has 26 heavy (non-hydrogen) atoms. The Bertz CT molecular complexity index is 546. The van der Waals surface area contributed by atoms with E-state index in [1.165, 1.54) is 63.4 Å². The lowest BCUT2D eigenvalue weighted by molar-refractivity contribution is 0.0505. The van der Waals surface area contributed by atoms with Gasteiger partial charge in [0.05, 0.1) is 12.2 Å². The summed E-state index contributed by atoms with van der Waals surface area (Å²) in [7, 11) is 0.